The average molecular weight is 544 g/mol. The summed E-state index contributed by atoms with van der Waals surface area (Å²) >= 11 is 0. The van der Waals surface area contributed by atoms with Gasteiger partial charge in [0.1, 0.15) is 5.75 Å². The molecule has 3 aromatic rings. The number of fused-ring (bicyclic) bond motifs is 1. The zero-order valence-electron chi connectivity index (χ0n) is 21.1. The lowest BCUT2D eigenvalue weighted by atomic mass is 9.85. The number of rotatable bonds is 9. The summed E-state index contributed by atoms with van der Waals surface area (Å²) in [6, 6.07) is 7.51. The van der Waals surface area contributed by atoms with Crippen LogP contribution in [0, 0.1) is 5.92 Å². The Hall–Kier alpha value is -3.29. The van der Waals surface area contributed by atoms with E-state index in [-0.39, 0.29) is 30.2 Å². The van der Waals surface area contributed by atoms with Crippen molar-refractivity contribution in [2.24, 2.45) is 11.1 Å². The van der Waals surface area contributed by atoms with Gasteiger partial charge in [0, 0.05) is 37.3 Å². The van der Waals surface area contributed by atoms with Gasteiger partial charge in [-0.25, -0.2) is 23.2 Å². The van der Waals surface area contributed by atoms with Gasteiger partial charge in [-0.2, -0.15) is 10.1 Å². The van der Waals surface area contributed by atoms with E-state index < -0.39 is 16.1 Å². The van der Waals surface area contributed by atoms with Crippen LogP contribution in [0.15, 0.2) is 36.7 Å². The number of likely N-dealkylation sites (tertiary alicyclic amines) is 1. The molecule has 2 aromatic heterocycles. The summed E-state index contributed by atoms with van der Waals surface area (Å²) in [5.41, 5.74) is 0.796. The number of hydrogen-bond acceptors (Lipinski definition) is 9. The molecule has 0 spiro atoms. The summed E-state index contributed by atoms with van der Waals surface area (Å²) in [5.74, 6) is 1.73. The largest absolute Gasteiger partial charge is 0.493 e. The molecule has 12 nitrogen and oxygen atoms in total. The minimum absolute atomic E-state index is 0.0113. The second-order valence-corrected chi connectivity index (χ2v) is 11.7. The number of aromatic nitrogens is 4. The van der Waals surface area contributed by atoms with Gasteiger partial charge >= 0.3 is 0 Å². The summed E-state index contributed by atoms with van der Waals surface area (Å²) < 4.78 is 29.8. The predicted octanol–water partition coefficient (Wildman–Crippen LogP) is 1.44. The number of hydrogen-bond donors (Lipinski definition) is 3. The van der Waals surface area contributed by atoms with Gasteiger partial charge in [-0.15, -0.1) is 0 Å². The average Bonchev–Trinajstić information content (AvgIpc) is 3.53. The van der Waals surface area contributed by atoms with Gasteiger partial charge in [-0.05, 0) is 50.7 Å². The number of primary sulfonamides is 1. The monoisotopic (exact) mass is 543 g/mol. The highest BCUT2D eigenvalue weighted by Crippen LogP contribution is 2.30. The fraction of sp³-hybridized carbons (Fsp3) is 0.520. The molecule has 0 unspecified atom stereocenters. The number of nitrogens with one attached hydrogen (secondary N) is 1. The van der Waals surface area contributed by atoms with E-state index in [1.54, 1.807) is 28.0 Å². The van der Waals surface area contributed by atoms with Crippen molar-refractivity contribution in [3.63, 3.8) is 0 Å². The maximum absolute atomic E-state index is 12.8. The Morgan fingerprint density at radius 3 is 2.74 bits per heavy atom. The van der Waals surface area contributed by atoms with E-state index in [1.807, 2.05) is 18.2 Å². The maximum Gasteiger partial charge on any atom is 0.225 e. The van der Waals surface area contributed by atoms with Crippen LogP contribution in [0.5, 0.6) is 5.75 Å². The van der Waals surface area contributed by atoms with Crippen LogP contribution in [-0.4, -0.2) is 81.7 Å². The number of nitrogens with zero attached hydrogens (tertiary/aromatic N) is 5. The molecule has 38 heavy (non-hydrogen) atoms. The van der Waals surface area contributed by atoms with Gasteiger partial charge in [0.2, 0.25) is 21.9 Å². The second kappa shape index (κ2) is 11.2. The van der Waals surface area contributed by atoms with Crippen molar-refractivity contribution in [1.82, 2.24) is 24.6 Å². The van der Waals surface area contributed by atoms with Gasteiger partial charge < -0.3 is 20.1 Å². The van der Waals surface area contributed by atoms with E-state index in [1.165, 1.54) is 0 Å². The van der Waals surface area contributed by atoms with Crippen molar-refractivity contribution in [3.8, 4) is 11.6 Å². The fourth-order valence-electron chi connectivity index (χ4n) is 5.18. The minimum atomic E-state index is -3.52. The highest BCUT2D eigenvalue weighted by Gasteiger charge is 2.33. The molecule has 1 saturated carbocycles. The van der Waals surface area contributed by atoms with E-state index in [0.29, 0.717) is 43.4 Å². The number of anilines is 1. The van der Waals surface area contributed by atoms with Crippen LogP contribution < -0.4 is 15.2 Å². The van der Waals surface area contributed by atoms with E-state index in [9.17, 15) is 18.3 Å². The minimum Gasteiger partial charge on any atom is -0.493 e. The molecule has 1 amide bonds. The number of sulfonamides is 1. The van der Waals surface area contributed by atoms with Gasteiger partial charge in [0.15, 0.2) is 5.82 Å². The van der Waals surface area contributed by atoms with Crippen molar-refractivity contribution in [2.75, 3.05) is 30.8 Å². The number of amides is 1. The number of ether oxygens (including phenoxy) is 1. The highest BCUT2D eigenvalue weighted by atomic mass is 32.2. The third-order valence-electron chi connectivity index (χ3n) is 7.15. The zero-order valence-corrected chi connectivity index (χ0v) is 21.9. The molecule has 0 radical (unpaired) electrons. The molecule has 3 heterocycles. The predicted molar refractivity (Wildman–Crippen MR) is 141 cm³/mol. The second-order valence-electron chi connectivity index (χ2n) is 9.97. The lowest BCUT2D eigenvalue weighted by Crippen LogP contribution is -2.38. The Kier molecular flexibility index (Phi) is 7.77. The molecule has 13 heteroatoms. The first kappa shape index (κ1) is 26.3. The molecule has 5 rings (SSSR count). The van der Waals surface area contributed by atoms with Gasteiger partial charge in [0.05, 0.1) is 35.6 Å². The van der Waals surface area contributed by atoms with Gasteiger partial charge in [-0.1, -0.05) is 6.07 Å². The summed E-state index contributed by atoms with van der Waals surface area (Å²) in [6.07, 6.45) is 7.22. The smallest absolute Gasteiger partial charge is 0.225 e. The van der Waals surface area contributed by atoms with Crippen molar-refractivity contribution < 1.29 is 23.1 Å². The normalized spacial score (nSPS) is 22.1. The van der Waals surface area contributed by atoms with Gasteiger partial charge in [-0.3, -0.25) is 4.79 Å². The van der Waals surface area contributed by atoms with E-state index in [0.717, 1.165) is 36.6 Å². The van der Waals surface area contributed by atoms with Crippen molar-refractivity contribution >= 4 is 32.8 Å². The number of carbonyl (C=O) groups is 1. The molecular formula is C25H33N7O5S. The lowest BCUT2D eigenvalue weighted by Gasteiger charge is -2.30. The van der Waals surface area contributed by atoms with Crippen LogP contribution in [0.3, 0.4) is 0 Å². The lowest BCUT2D eigenvalue weighted by molar-refractivity contribution is -0.135. The summed E-state index contributed by atoms with van der Waals surface area (Å²) in [4.78, 5) is 23.6. The summed E-state index contributed by atoms with van der Waals surface area (Å²) in [7, 11) is -3.52. The highest BCUT2D eigenvalue weighted by molar-refractivity contribution is 7.89. The molecule has 2 aliphatic rings. The summed E-state index contributed by atoms with van der Waals surface area (Å²) in [6.45, 7) is 1.31. The standard InChI is InChI=1S/C25H33N7O5S/c26-38(35,36)14-2-13-37-22-4-1-3-21-20(22)15-28-32(21)23-9-11-27-25(30-23)29-18-7-5-17(6-8-18)24(34)31-12-10-19(33)16-31/h1,3-4,9,11,15,17-19,33H,2,5-8,10,12-14,16H2,(H2,26,35,36)(H,27,29,30)/t17-,18-,19-/m0/s1. The molecule has 1 aliphatic carbocycles. The van der Waals surface area contributed by atoms with E-state index >= 15 is 0 Å². The van der Waals surface area contributed by atoms with Crippen LogP contribution in [-0.2, 0) is 14.8 Å². The molecule has 204 valence electrons. The molecule has 1 aromatic carbocycles. The first-order chi connectivity index (χ1) is 18.3. The van der Waals surface area contributed by atoms with Crippen LogP contribution in [0.4, 0.5) is 5.95 Å². The summed E-state index contributed by atoms with van der Waals surface area (Å²) in [5, 5.41) is 23.5. The van der Waals surface area contributed by atoms with Crippen LogP contribution in [0.25, 0.3) is 16.7 Å². The third kappa shape index (κ3) is 6.22. The number of carbonyl (C=O) groups excluding carboxylic acids is 1. The quantitative estimate of drug-likeness (QED) is 0.339. The molecule has 0 bridgehead atoms. The first-order valence-electron chi connectivity index (χ1n) is 12.9. The van der Waals surface area contributed by atoms with Crippen LogP contribution in [0.2, 0.25) is 0 Å². The van der Waals surface area contributed by atoms with Crippen molar-refractivity contribution in [3.05, 3.63) is 36.7 Å². The Labute approximate surface area is 221 Å². The van der Waals surface area contributed by atoms with Crippen molar-refractivity contribution in [1.29, 1.82) is 0 Å². The SMILES string of the molecule is NS(=O)(=O)CCCOc1cccc2c1cnn2-c1ccnc(N[C@H]2CC[C@H](C(=O)N3CC[C@H](O)C3)CC2)n1. The van der Waals surface area contributed by atoms with E-state index in [4.69, 9.17) is 9.88 Å². The number of nitrogens with two attached hydrogens (primary N) is 1. The topological polar surface area (TPSA) is 166 Å². The Bertz CT molecular complexity index is 1390. The number of β-amino-alcohol motifs (C(OH)–C–C–N with tert-alkyl or cyclic N) is 1. The molecule has 1 aliphatic heterocycles. The number of benzene rings is 1. The fourth-order valence-corrected chi connectivity index (χ4v) is 5.70. The Balaban J connectivity index is 1.21. The first-order valence-corrected chi connectivity index (χ1v) is 14.7. The molecule has 4 N–H and O–H groups in total. The Morgan fingerprint density at radius 2 is 2.00 bits per heavy atom. The van der Waals surface area contributed by atoms with E-state index in [2.05, 4.69) is 20.4 Å². The molecular weight excluding hydrogens is 510 g/mol. The number of aliphatic hydroxyl groups is 1. The molecule has 2 fully saturated rings. The molecule has 1 saturated heterocycles. The third-order valence-corrected chi connectivity index (χ3v) is 8.00. The van der Waals surface area contributed by atoms with Crippen molar-refractivity contribution in [2.45, 2.75) is 50.7 Å². The van der Waals surface area contributed by atoms with Crippen LogP contribution in [0.1, 0.15) is 38.5 Å². The zero-order chi connectivity index (χ0) is 26.7. The maximum atomic E-state index is 12.8. The Morgan fingerprint density at radius 1 is 1.18 bits per heavy atom. The number of aliphatic hydroxyl groups excluding tert-OH is 1. The van der Waals surface area contributed by atoms with Crippen LogP contribution >= 0.6 is 0 Å². The van der Waals surface area contributed by atoms with Gasteiger partial charge in [0.25, 0.3) is 0 Å². The molecule has 1 atom stereocenters.